The number of carbonyl (C=O) groups excluding carboxylic acids is 1. The predicted octanol–water partition coefficient (Wildman–Crippen LogP) is 3.23. The molecular weight excluding hydrogens is 389 g/mol. The molecular formula is C19H29Cl2N3O3. The number of likely N-dealkylation sites (N-methyl/N-ethyl adjacent to an activating group) is 1. The molecule has 0 unspecified atom stereocenters. The Hall–Kier alpha value is -1.73. The summed E-state index contributed by atoms with van der Waals surface area (Å²) in [5, 5.41) is 2.86. The number of nitrogens with two attached hydrogens (primary N) is 1. The van der Waals surface area contributed by atoms with E-state index in [9.17, 15) is 4.79 Å². The summed E-state index contributed by atoms with van der Waals surface area (Å²) in [5.41, 5.74) is 6.96. The molecule has 2 aromatic rings. The third kappa shape index (κ3) is 8.22. The second-order valence-corrected chi connectivity index (χ2v) is 5.71. The van der Waals surface area contributed by atoms with Crippen LogP contribution in [0.1, 0.15) is 35.5 Å². The van der Waals surface area contributed by atoms with Gasteiger partial charge in [-0.05, 0) is 36.9 Å². The van der Waals surface area contributed by atoms with Gasteiger partial charge in [-0.15, -0.1) is 24.8 Å². The minimum atomic E-state index is -0.178. The zero-order valence-electron chi connectivity index (χ0n) is 15.8. The van der Waals surface area contributed by atoms with E-state index in [4.69, 9.17) is 14.9 Å². The van der Waals surface area contributed by atoms with Crippen molar-refractivity contribution in [2.24, 2.45) is 5.73 Å². The van der Waals surface area contributed by atoms with Crippen LogP contribution in [0.15, 0.2) is 41.0 Å². The van der Waals surface area contributed by atoms with Gasteiger partial charge in [-0.3, -0.25) is 4.79 Å². The highest BCUT2D eigenvalue weighted by Gasteiger charge is 2.09. The molecule has 6 nitrogen and oxygen atoms in total. The highest BCUT2D eigenvalue weighted by molar-refractivity contribution is 5.93. The minimum absolute atomic E-state index is 0. The number of ether oxygens (including phenoxy) is 1. The number of rotatable bonds is 10. The maximum Gasteiger partial charge on any atom is 0.254 e. The largest absolute Gasteiger partial charge is 0.492 e. The molecule has 27 heavy (non-hydrogen) atoms. The summed E-state index contributed by atoms with van der Waals surface area (Å²) < 4.78 is 10.9. The Morgan fingerprint density at radius 2 is 1.85 bits per heavy atom. The summed E-state index contributed by atoms with van der Waals surface area (Å²) in [6, 6.07) is 9.41. The Kier molecular flexibility index (Phi) is 12.6. The van der Waals surface area contributed by atoms with Gasteiger partial charge in [0.2, 0.25) is 0 Å². The average molecular weight is 418 g/mol. The van der Waals surface area contributed by atoms with Crippen molar-refractivity contribution in [2.45, 2.75) is 26.9 Å². The first-order chi connectivity index (χ1) is 12.2. The molecule has 1 aromatic heterocycles. The first-order valence-corrected chi connectivity index (χ1v) is 8.66. The normalized spacial score (nSPS) is 10.1. The molecule has 152 valence electrons. The Morgan fingerprint density at radius 1 is 1.19 bits per heavy atom. The lowest BCUT2D eigenvalue weighted by molar-refractivity contribution is 0.0950. The van der Waals surface area contributed by atoms with E-state index in [1.165, 1.54) is 6.26 Å². The number of nitrogens with one attached hydrogen (secondary N) is 1. The van der Waals surface area contributed by atoms with Crippen LogP contribution in [0.2, 0.25) is 0 Å². The van der Waals surface area contributed by atoms with Crippen LogP contribution in [0.25, 0.3) is 0 Å². The second kappa shape index (κ2) is 13.4. The van der Waals surface area contributed by atoms with E-state index in [-0.39, 0.29) is 37.3 Å². The summed E-state index contributed by atoms with van der Waals surface area (Å²) in [5.74, 6) is 1.25. The maximum atomic E-state index is 12.0. The Labute approximate surface area is 173 Å². The zero-order chi connectivity index (χ0) is 18.1. The fraction of sp³-hybridized carbons (Fsp3) is 0.421. The predicted molar refractivity (Wildman–Crippen MR) is 112 cm³/mol. The molecule has 0 radical (unpaired) electrons. The van der Waals surface area contributed by atoms with Gasteiger partial charge in [0, 0.05) is 13.1 Å². The molecule has 1 aromatic carbocycles. The van der Waals surface area contributed by atoms with E-state index in [0.29, 0.717) is 24.5 Å². The molecule has 0 fully saturated rings. The van der Waals surface area contributed by atoms with E-state index in [1.54, 1.807) is 6.07 Å². The fourth-order valence-corrected chi connectivity index (χ4v) is 2.43. The van der Waals surface area contributed by atoms with E-state index in [1.807, 2.05) is 24.3 Å². The van der Waals surface area contributed by atoms with E-state index in [0.717, 1.165) is 30.9 Å². The number of benzene rings is 1. The molecule has 0 atom stereocenters. The summed E-state index contributed by atoms with van der Waals surface area (Å²) in [6.07, 6.45) is 1.42. The lowest BCUT2D eigenvalue weighted by atomic mass is 10.2. The van der Waals surface area contributed by atoms with Gasteiger partial charge in [0.1, 0.15) is 24.4 Å². The summed E-state index contributed by atoms with van der Waals surface area (Å²) >= 11 is 0. The zero-order valence-corrected chi connectivity index (χ0v) is 17.4. The number of halogens is 2. The fourth-order valence-electron chi connectivity index (χ4n) is 2.43. The SMILES string of the molecule is CCN(CC)CCOc1ccc(CNC(=O)c2coc(CN)c2)cc1.Cl.Cl. The molecule has 0 saturated heterocycles. The highest BCUT2D eigenvalue weighted by Crippen LogP contribution is 2.13. The van der Waals surface area contributed by atoms with E-state index in [2.05, 4.69) is 24.1 Å². The molecule has 0 aliphatic heterocycles. The number of nitrogens with zero attached hydrogens (tertiary/aromatic N) is 1. The van der Waals surface area contributed by atoms with Crippen molar-refractivity contribution in [1.82, 2.24) is 10.2 Å². The van der Waals surface area contributed by atoms with Crippen LogP contribution in [0.3, 0.4) is 0 Å². The van der Waals surface area contributed by atoms with E-state index >= 15 is 0 Å². The molecule has 0 spiro atoms. The van der Waals surface area contributed by atoms with Gasteiger partial charge in [0.05, 0.1) is 12.1 Å². The van der Waals surface area contributed by atoms with Crippen molar-refractivity contribution in [3.63, 3.8) is 0 Å². The molecule has 2 rings (SSSR count). The summed E-state index contributed by atoms with van der Waals surface area (Å²) in [6.45, 7) is 8.66. The molecule has 0 aliphatic carbocycles. The number of hydrogen-bond acceptors (Lipinski definition) is 5. The van der Waals surface area contributed by atoms with Gasteiger partial charge in [0.15, 0.2) is 0 Å². The number of hydrogen-bond donors (Lipinski definition) is 2. The van der Waals surface area contributed by atoms with Gasteiger partial charge < -0.3 is 25.1 Å². The monoisotopic (exact) mass is 417 g/mol. The third-order valence-electron chi connectivity index (χ3n) is 4.06. The molecule has 3 N–H and O–H groups in total. The van der Waals surface area contributed by atoms with Gasteiger partial charge >= 0.3 is 0 Å². The van der Waals surface area contributed by atoms with Crippen molar-refractivity contribution < 1.29 is 13.9 Å². The van der Waals surface area contributed by atoms with Crippen LogP contribution in [-0.2, 0) is 13.1 Å². The van der Waals surface area contributed by atoms with E-state index < -0.39 is 0 Å². The average Bonchev–Trinajstić information content (AvgIpc) is 3.13. The number of amides is 1. The lowest BCUT2D eigenvalue weighted by Crippen LogP contribution is -2.27. The first kappa shape index (κ1) is 25.3. The van der Waals surface area contributed by atoms with Crippen LogP contribution in [-0.4, -0.2) is 37.0 Å². The maximum absolute atomic E-state index is 12.0. The standard InChI is InChI=1S/C19H27N3O3.2ClH/c1-3-22(4-2)9-10-24-17-7-5-15(6-8-17)13-21-19(23)16-11-18(12-20)25-14-16;;/h5-8,11,14H,3-4,9-10,12-13,20H2,1-2H3,(H,21,23);2*1H. The smallest absolute Gasteiger partial charge is 0.254 e. The molecule has 1 amide bonds. The lowest BCUT2D eigenvalue weighted by Gasteiger charge is -2.18. The Bertz CT molecular complexity index is 658. The van der Waals surface area contributed by atoms with Crippen LogP contribution in [0, 0.1) is 0 Å². The van der Waals surface area contributed by atoms with Crippen LogP contribution >= 0.6 is 24.8 Å². The Balaban J connectivity index is 0.00000338. The number of carbonyl (C=O) groups is 1. The van der Waals surface area contributed by atoms with Crippen molar-refractivity contribution in [2.75, 3.05) is 26.2 Å². The van der Waals surface area contributed by atoms with Gasteiger partial charge in [-0.1, -0.05) is 26.0 Å². The highest BCUT2D eigenvalue weighted by atomic mass is 35.5. The van der Waals surface area contributed by atoms with Crippen molar-refractivity contribution in [1.29, 1.82) is 0 Å². The summed E-state index contributed by atoms with van der Waals surface area (Å²) in [7, 11) is 0. The molecule has 0 aliphatic rings. The van der Waals surface area contributed by atoms with Crippen LogP contribution in [0.5, 0.6) is 5.75 Å². The molecule has 8 heteroatoms. The number of furan rings is 1. The molecule has 0 bridgehead atoms. The van der Waals surface area contributed by atoms with Crippen LogP contribution < -0.4 is 15.8 Å². The quantitative estimate of drug-likeness (QED) is 0.619. The molecule has 0 saturated carbocycles. The minimum Gasteiger partial charge on any atom is -0.492 e. The van der Waals surface area contributed by atoms with Crippen LogP contribution in [0.4, 0.5) is 0 Å². The topological polar surface area (TPSA) is 80.7 Å². The summed E-state index contributed by atoms with van der Waals surface area (Å²) in [4.78, 5) is 14.4. The second-order valence-electron chi connectivity index (χ2n) is 5.71. The first-order valence-electron chi connectivity index (χ1n) is 8.66. The third-order valence-corrected chi connectivity index (χ3v) is 4.06. The molecule has 1 heterocycles. The van der Waals surface area contributed by atoms with Crippen molar-refractivity contribution in [3.8, 4) is 5.75 Å². The van der Waals surface area contributed by atoms with Gasteiger partial charge in [0.25, 0.3) is 5.91 Å². The van der Waals surface area contributed by atoms with Crippen molar-refractivity contribution in [3.05, 3.63) is 53.5 Å². The van der Waals surface area contributed by atoms with Crippen molar-refractivity contribution >= 4 is 30.7 Å². The Morgan fingerprint density at radius 3 is 2.41 bits per heavy atom. The van der Waals surface area contributed by atoms with Gasteiger partial charge in [-0.2, -0.15) is 0 Å². The van der Waals surface area contributed by atoms with Gasteiger partial charge in [-0.25, -0.2) is 0 Å².